The first kappa shape index (κ1) is 29.7. The molecule has 45 heavy (non-hydrogen) atoms. The molecule has 226 valence electrons. The number of rotatable bonds is 9. The number of hydrogen-bond acceptors (Lipinski definition) is 7. The van der Waals surface area contributed by atoms with Crippen LogP contribution in [0.2, 0.25) is 0 Å². The molecular weight excluding hydrogens is 586 g/mol. The Morgan fingerprint density at radius 3 is 2.29 bits per heavy atom. The summed E-state index contributed by atoms with van der Waals surface area (Å²) in [5.74, 6) is 1.45. The number of fused-ring (bicyclic) bond motifs is 1. The summed E-state index contributed by atoms with van der Waals surface area (Å²) in [6.45, 7) is 2.25. The van der Waals surface area contributed by atoms with Crippen LogP contribution in [-0.2, 0) is 11.4 Å². The van der Waals surface area contributed by atoms with Crippen LogP contribution in [0.1, 0.15) is 29.7 Å². The van der Waals surface area contributed by atoms with Crippen LogP contribution in [0.4, 0.5) is 5.69 Å². The van der Waals surface area contributed by atoms with Crippen molar-refractivity contribution in [3.05, 3.63) is 151 Å². The molecule has 8 nitrogen and oxygen atoms in total. The van der Waals surface area contributed by atoms with Crippen LogP contribution < -0.4 is 34.4 Å². The number of benzene rings is 4. The van der Waals surface area contributed by atoms with Crippen molar-refractivity contribution >= 4 is 29.0 Å². The van der Waals surface area contributed by atoms with E-state index < -0.39 is 6.04 Å². The van der Waals surface area contributed by atoms with Crippen LogP contribution in [0, 0.1) is 0 Å². The predicted molar refractivity (Wildman–Crippen MR) is 176 cm³/mol. The summed E-state index contributed by atoms with van der Waals surface area (Å²) < 4.78 is 19.1. The molecule has 0 saturated heterocycles. The fourth-order valence-electron chi connectivity index (χ4n) is 5.22. The van der Waals surface area contributed by atoms with Gasteiger partial charge in [-0.3, -0.25) is 14.2 Å². The first-order chi connectivity index (χ1) is 21.9. The van der Waals surface area contributed by atoms with E-state index >= 15 is 0 Å². The van der Waals surface area contributed by atoms with Gasteiger partial charge >= 0.3 is 0 Å². The Bertz CT molecular complexity index is 2050. The van der Waals surface area contributed by atoms with E-state index in [0.717, 1.165) is 16.9 Å². The Morgan fingerprint density at radius 1 is 0.911 bits per heavy atom. The molecule has 1 aromatic heterocycles. The fourth-order valence-corrected chi connectivity index (χ4v) is 6.27. The number of anilines is 1. The Labute approximate surface area is 264 Å². The molecule has 0 aliphatic carbocycles. The van der Waals surface area contributed by atoms with Gasteiger partial charge in [-0.2, -0.15) is 0 Å². The number of thiazole rings is 1. The van der Waals surface area contributed by atoms with Crippen LogP contribution in [0.3, 0.4) is 0 Å². The maximum absolute atomic E-state index is 14.1. The van der Waals surface area contributed by atoms with E-state index in [1.165, 1.54) is 11.3 Å². The second-order valence-corrected chi connectivity index (χ2v) is 11.4. The minimum Gasteiger partial charge on any atom is -0.497 e. The zero-order valence-corrected chi connectivity index (χ0v) is 25.8. The van der Waals surface area contributed by atoms with E-state index in [1.54, 1.807) is 37.8 Å². The lowest BCUT2D eigenvalue weighted by Crippen LogP contribution is -2.40. The number of ether oxygens (including phenoxy) is 3. The number of nitrogens with zero attached hydrogens (tertiary/aromatic N) is 2. The zero-order chi connectivity index (χ0) is 31.3. The van der Waals surface area contributed by atoms with Gasteiger partial charge in [-0.1, -0.05) is 72.0 Å². The van der Waals surface area contributed by atoms with E-state index in [4.69, 9.17) is 19.2 Å². The Kier molecular flexibility index (Phi) is 8.61. The third kappa shape index (κ3) is 6.30. The van der Waals surface area contributed by atoms with E-state index in [-0.39, 0.29) is 11.5 Å². The molecule has 4 aromatic carbocycles. The van der Waals surface area contributed by atoms with E-state index in [1.807, 2.05) is 97.1 Å². The van der Waals surface area contributed by atoms with E-state index in [0.29, 0.717) is 50.0 Å². The number of para-hydroxylation sites is 1. The number of amides is 1. The lowest BCUT2D eigenvalue weighted by Gasteiger charge is -2.26. The lowest BCUT2D eigenvalue weighted by molar-refractivity contribution is -0.113. The summed E-state index contributed by atoms with van der Waals surface area (Å²) >= 11 is 1.28. The second kappa shape index (κ2) is 13.1. The molecule has 1 aliphatic rings. The van der Waals surface area contributed by atoms with Gasteiger partial charge in [-0.05, 0) is 60.5 Å². The SMILES string of the molecule is COc1ccc([C@H]2C(C(=O)Nc3ccccc3)=C(C)N=c3s/c(=C\c4ccc(OCc5ccccc5)cc4)c(=O)n32)c(OC)c1. The highest BCUT2D eigenvalue weighted by Gasteiger charge is 2.34. The average Bonchev–Trinajstić information content (AvgIpc) is 3.37. The minimum absolute atomic E-state index is 0.261. The minimum atomic E-state index is -0.790. The molecule has 9 heteroatoms. The first-order valence-electron chi connectivity index (χ1n) is 14.3. The highest BCUT2D eigenvalue weighted by atomic mass is 32.1. The molecule has 0 spiro atoms. The van der Waals surface area contributed by atoms with E-state index in [2.05, 4.69) is 5.32 Å². The van der Waals surface area contributed by atoms with Crippen LogP contribution in [-0.4, -0.2) is 24.7 Å². The van der Waals surface area contributed by atoms with Crippen LogP contribution in [0.15, 0.2) is 124 Å². The number of methoxy groups -OCH3 is 2. The second-order valence-electron chi connectivity index (χ2n) is 10.4. The van der Waals surface area contributed by atoms with Gasteiger partial charge in [-0.25, -0.2) is 4.99 Å². The molecule has 0 fully saturated rings. The molecular formula is C36H31N3O5S. The summed E-state index contributed by atoms with van der Waals surface area (Å²) in [6.07, 6.45) is 1.83. The van der Waals surface area contributed by atoms with Crippen molar-refractivity contribution in [3.8, 4) is 17.2 Å². The van der Waals surface area contributed by atoms with Gasteiger partial charge in [0, 0.05) is 17.3 Å². The largest absolute Gasteiger partial charge is 0.497 e. The van der Waals surface area contributed by atoms with Gasteiger partial charge in [0.05, 0.1) is 30.0 Å². The van der Waals surface area contributed by atoms with Crippen LogP contribution in [0.25, 0.3) is 6.08 Å². The summed E-state index contributed by atoms with van der Waals surface area (Å²) in [7, 11) is 3.12. The van der Waals surface area contributed by atoms with Gasteiger partial charge < -0.3 is 19.5 Å². The standard InChI is InChI=1S/C36H31N3O5S/c1-23-32(34(40)38-26-12-8-5-9-13-26)33(29-19-18-28(42-2)21-30(29)43-3)39-35(41)31(45-36(39)37-23)20-24-14-16-27(17-15-24)44-22-25-10-6-4-7-11-25/h4-21,33H,22H2,1-3H3,(H,38,40)/b31-20-/t33-/m0/s1. The van der Waals surface area contributed by atoms with Crippen molar-refractivity contribution in [2.45, 2.75) is 19.6 Å². The number of hydrogen-bond donors (Lipinski definition) is 1. The smallest absolute Gasteiger partial charge is 0.271 e. The summed E-state index contributed by atoms with van der Waals surface area (Å²) in [5, 5.41) is 2.97. The highest BCUT2D eigenvalue weighted by Crippen LogP contribution is 2.37. The maximum atomic E-state index is 14.1. The maximum Gasteiger partial charge on any atom is 0.271 e. The summed E-state index contributed by atoms with van der Waals surface area (Å²) in [5.41, 5.74) is 3.79. The lowest BCUT2D eigenvalue weighted by atomic mass is 9.94. The Hall–Kier alpha value is -5.41. The van der Waals surface area contributed by atoms with Crippen molar-refractivity contribution in [1.29, 1.82) is 0 Å². The number of aromatic nitrogens is 1. The normalized spacial score (nSPS) is 14.4. The van der Waals surface area contributed by atoms with Crippen LogP contribution in [0.5, 0.6) is 17.2 Å². The third-order valence-corrected chi connectivity index (χ3v) is 8.44. The topological polar surface area (TPSA) is 91.2 Å². The number of nitrogens with one attached hydrogen (secondary N) is 1. The van der Waals surface area contributed by atoms with Crippen molar-refractivity contribution in [1.82, 2.24) is 4.57 Å². The van der Waals surface area contributed by atoms with Gasteiger partial charge in [0.15, 0.2) is 4.80 Å². The van der Waals surface area contributed by atoms with Crippen LogP contribution >= 0.6 is 11.3 Å². The molecule has 0 unspecified atom stereocenters. The van der Waals surface area contributed by atoms with Gasteiger partial charge in [0.2, 0.25) is 0 Å². The third-order valence-electron chi connectivity index (χ3n) is 7.46. The molecule has 2 heterocycles. The predicted octanol–water partition coefficient (Wildman–Crippen LogP) is 5.47. The zero-order valence-electron chi connectivity index (χ0n) is 25.0. The first-order valence-corrected chi connectivity index (χ1v) is 15.1. The van der Waals surface area contributed by atoms with Crippen molar-refractivity contribution in [3.63, 3.8) is 0 Å². The van der Waals surface area contributed by atoms with E-state index in [9.17, 15) is 9.59 Å². The van der Waals surface area contributed by atoms with Gasteiger partial charge in [0.25, 0.3) is 11.5 Å². The molecule has 0 radical (unpaired) electrons. The molecule has 0 bridgehead atoms. The van der Waals surface area contributed by atoms with Crippen molar-refractivity contribution in [2.75, 3.05) is 19.5 Å². The Balaban J connectivity index is 1.40. The number of carbonyl (C=O) groups is 1. The van der Waals surface area contributed by atoms with Crippen molar-refractivity contribution < 1.29 is 19.0 Å². The summed E-state index contributed by atoms with van der Waals surface area (Å²) in [4.78, 5) is 33.2. The molecule has 1 N–H and O–H groups in total. The average molecular weight is 618 g/mol. The van der Waals surface area contributed by atoms with Gasteiger partial charge in [0.1, 0.15) is 29.9 Å². The molecule has 6 rings (SSSR count). The molecule has 0 saturated carbocycles. The number of carbonyl (C=O) groups excluding carboxylic acids is 1. The fraction of sp³-hybridized carbons (Fsp3) is 0.139. The van der Waals surface area contributed by atoms with Gasteiger partial charge in [-0.15, -0.1) is 0 Å². The molecule has 1 amide bonds. The molecule has 5 aromatic rings. The molecule has 1 atom stereocenters. The summed E-state index contributed by atoms with van der Waals surface area (Å²) in [6, 6.07) is 31.3. The quantitative estimate of drug-likeness (QED) is 0.237. The van der Waals surface area contributed by atoms with Crippen molar-refractivity contribution in [2.24, 2.45) is 4.99 Å². The Morgan fingerprint density at radius 2 is 1.60 bits per heavy atom. The number of allylic oxidation sites excluding steroid dienone is 1. The molecule has 1 aliphatic heterocycles. The monoisotopic (exact) mass is 617 g/mol. The highest BCUT2D eigenvalue weighted by molar-refractivity contribution is 7.07.